The van der Waals surface area contributed by atoms with Crippen LogP contribution in [0.4, 0.5) is 0 Å². The lowest BCUT2D eigenvalue weighted by molar-refractivity contribution is -0.864. The molecule has 16 heavy (non-hydrogen) atoms. The third-order valence-electron chi connectivity index (χ3n) is 1.80. The number of carboxylic acids is 1. The molecule has 1 atom stereocenters. The first-order valence-electron chi connectivity index (χ1n) is 5.16. The summed E-state index contributed by atoms with van der Waals surface area (Å²) in [5.74, 6) is -1.00. The molecule has 1 rings (SSSR count). The highest BCUT2D eigenvalue weighted by molar-refractivity contribution is 5.65. The van der Waals surface area contributed by atoms with Crippen molar-refractivity contribution >= 4 is 12.3 Å². The minimum Gasteiger partial charge on any atom is -0.544 e. The number of quaternary nitrogens is 1. The largest absolute Gasteiger partial charge is 0.544 e. The van der Waals surface area contributed by atoms with E-state index in [0.29, 0.717) is 4.48 Å². The van der Waals surface area contributed by atoms with E-state index in [4.69, 9.17) is 5.11 Å². The molecule has 1 heterocycles. The summed E-state index contributed by atoms with van der Waals surface area (Å²) in [5.41, 5.74) is 0. The van der Waals surface area contributed by atoms with Gasteiger partial charge in [0, 0.05) is 6.54 Å². The molecule has 0 bridgehead atoms. The number of hydrogen-bond acceptors (Lipinski definition) is 5. The zero-order valence-corrected chi connectivity index (χ0v) is 10.4. The van der Waals surface area contributed by atoms with Gasteiger partial charge in [-0.3, -0.25) is 4.99 Å². The summed E-state index contributed by atoms with van der Waals surface area (Å²) in [4.78, 5) is 15.6. The molecule has 1 N–H and O–H groups in total. The molecular weight excluding hydrogens is 210 g/mol. The molecule has 1 aliphatic heterocycles. The first-order valence-corrected chi connectivity index (χ1v) is 5.16. The summed E-state index contributed by atoms with van der Waals surface area (Å²) in [5, 5.41) is 18.8. The van der Waals surface area contributed by atoms with E-state index in [2.05, 4.69) is 4.99 Å². The maximum Gasteiger partial charge on any atom is 0.124 e. The van der Waals surface area contributed by atoms with Crippen molar-refractivity contribution in [2.45, 2.75) is 13.2 Å². The second-order valence-corrected chi connectivity index (χ2v) is 4.71. The minimum absolute atomic E-state index is 0.0694. The minimum atomic E-state index is -1.00. The molecule has 0 aromatic rings. The Morgan fingerprint density at radius 1 is 1.62 bits per heavy atom. The first kappa shape index (κ1) is 14.9. The lowest BCUT2D eigenvalue weighted by Gasteiger charge is -2.23. The van der Waals surface area contributed by atoms with Gasteiger partial charge in [0.05, 0.1) is 40.0 Å². The summed E-state index contributed by atoms with van der Waals surface area (Å²) in [7, 11) is 5.40. The third-order valence-corrected chi connectivity index (χ3v) is 1.80. The lowest BCUT2D eigenvalue weighted by atomic mass is 10.5. The van der Waals surface area contributed by atoms with Crippen LogP contribution in [0.2, 0.25) is 0 Å². The Bertz CT molecular complexity index is 246. The van der Waals surface area contributed by atoms with Crippen molar-refractivity contribution in [3.05, 3.63) is 0 Å². The highest BCUT2D eigenvalue weighted by Gasteiger charge is 2.08. The standard InChI is InChI=1S/C5H10N2O.C5H11NO2/c1-5(8)7-3-2-6-4-7;1-6(2,3)4-5(7)8/h4-5,8H,2-3H2,1H3;4H2,1-3H3. The van der Waals surface area contributed by atoms with Crippen LogP contribution in [0.1, 0.15) is 6.92 Å². The SMILES string of the molecule is CC(O)N1C=NCC1.C[N+](C)(C)CC(=O)[O-]. The number of aliphatic carboxylic acids is 1. The smallest absolute Gasteiger partial charge is 0.124 e. The van der Waals surface area contributed by atoms with E-state index < -0.39 is 5.97 Å². The highest BCUT2D eigenvalue weighted by atomic mass is 16.4. The summed E-state index contributed by atoms with van der Waals surface area (Å²) in [6, 6.07) is 0. The monoisotopic (exact) mass is 231 g/mol. The van der Waals surface area contributed by atoms with E-state index >= 15 is 0 Å². The number of carboxylic acid groups (broad SMARTS) is 1. The number of aliphatic hydroxyl groups is 1. The summed E-state index contributed by atoms with van der Waals surface area (Å²) in [6.07, 6.45) is 1.31. The molecule has 6 nitrogen and oxygen atoms in total. The molecule has 0 radical (unpaired) electrons. The van der Waals surface area contributed by atoms with Gasteiger partial charge in [0.15, 0.2) is 0 Å². The Morgan fingerprint density at radius 2 is 2.19 bits per heavy atom. The van der Waals surface area contributed by atoms with E-state index in [-0.39, 0.29) is 12.8 Å². The topological polar surface area (TPSA) is 76.0 Å². The van der Waals surface area contributed by atoms with E-state index in [9.17, 15) is 9.90 Å². The normalized spacial score (nSPS) is 16.7. The predicted molar refractivity (Wildman–Crippen MR) is 59.7 cm³/mol. The zero-order chi connectivity index (χ0) is 12.8. The number of aliphatic imine (C=N–C) groups is 1. The molecular formula is C10H21N3O3. The van der Waals surface area contributed by atoms with Gasteiger partial charge in [0.1, 0.15) is 12.8 Å². The summed E-state index contributed by atoms with van der Waals surface area (Å²) in [6.45, 7) is 3.49. The van der Waals surface area contributed by atoms with Crippen LogP contribution in [-0.4, -0.2) is 73.8 Å². The van der Waals surface area contributed by atoms with Crippen LogP contribution in [-0.2, 0) is 4.79 Å². The van der Waals surface area contributed by atoms with Gasteiger partial charge in [-0.25, -0.2) is 0 Å². The van der Waals surface area contributed by atoms with Crippen LogP contribution >= 0.6 is 0 Å². The maximum atomic E-state index is 9.89. The van der Waals surface area contributed by atoms with Gasteiger partial charge in [0.25, 0.3) is 0 Å². The Labute approximate surface area is 96.4 Å². The van der Waals surface area contributed by atoms with E-state index in [1.54, 1.807) is 39.3 Å². The van der Waals surface area contributed by atoms with Gasteiger partial charge in [-0.2, -0.15) is 0 Å². The third kappa shape index (κ3) is 8.19. The Balaban J connectivity index is 0.000000281. The lowest BCUT2D eigenvalue weighted by Crippen LogP contribution is -2.45. The van der Waals surface area contributed by atoms with Crippen LogP contribution < -0.4 is 5.11 Å². The van der Waals surface area contributed by atoms with Crippen molar-refractivity contribution < 1.29 is 19.5 Å². The van der Waals surface area contributed by atoms with Crippen molar-refractivity contribution in [3.8, 4) is 0 Å². The summed E-state index contributed by atoms with van der Waals surface area (Å²) >= 11 is 0. The van der Waals surface area contributed by atoms with Gasteiger partial charge in [0.2, 0.25) is 0 Å². The second-order valence-electron chi connectivity index (χ2n) is 4.71. The number of likely N-dealkylation sites (N-methyl/N-ethyl adjacent to an activating group) is 1. The predicted octanol–water partition coefficient (Wildman–Crippen LogP) is -1.89. The number of nitrogens with zero attached hydrogens (tertiary/aromatic N) is 3. The number of hydrogen-bond donors (Lipinski definition) is 1. The van der Waals surface area contributed by atoms with Crippen LogP contribution in [0.25, 0.3) is 0 Å². The molecule has 1 aliphatic rings. The Kier molecular flexibility index (Phi) is 5.98. The molecule has 6 heteroatoms. The number of carbonyl (C=O) groups is 1. The number of aliphatic hydroxyl groups excluding tert-OH is 1. The maximum absolute atomic E-state index is 9.89. The van der Waals surface area contributed by atoms with E-state index in [1.807, 2.05) is 0 Å². The molecule has 0 saturated carbocycles. The first-order chi connectivity index (χ1) is 7.22. The van der Waals surface area contributed by atoms with Gasteiger partial charge in [-0.05, 0) is 6.92 Å². The molecule has 0 saturated heterocycles. The fourth-order valence-electron chi connectivity index (χ4n) is 1.06. The van der Waals surface area contributed by atoms with Crippen molar-refractivity contribution in [1.29, 1.82) is 0 Å². The quantitative estimate of drug-likeness (QED) is 0.576. The molecule has 0 aliphatic carbocycles. The molecule has 1 unspecified atom stereocenters. The average molecular weight is 231 g/mol. The van der Waals surface area contributed by atoms with Gasteiger partial charge in [-0.1, -0.05) is 0 Å². The Morgan fingerprint density at radius 3 is 2.31 bits per heavy atom. The van der Waals surface area contributed by atoms with E-state index in [0.717, 1.165) is 13.1 Å². The zero-order valence-electron chi connectivity index (χ0n) is 10.4. The van der Waals surface area contributed by atoms with Crippen LogP contribution in [0.3, 0.4) is 0 Å². The number of rotatable bonds is 3. The molecule has 0 aromatic carbocycles. The van der Waals surface area contributed by atoms with Crippen LogP contribution in [0.5, 0.6) is 0 Å². The van der Waals surface area contributed by atoms with Gasteiger partial charge in [-0.15, -0.1) is 0 Å². The number of carbonyl (C=O) groups excluding carboxylic acids is 1. The average Bonchev–Trinajstić information content (AvgIpc) is 2.50. The van der Waals surface area contributed by atoms with Crippen LogP contribution in [0, 0.1) is 0 Å². The fraction of sp³-hybridized carbons (Fsp3) is 0.800. The molecule has 0 amide bonds. The highest BCUT2D eigenvalue weighted by Crippen LogP contribution is 1.96. The van der Waals surface area contributed by atoms with Crippen molar-refractivity contribution in [1.82, 2.24) is 4.90 Å². The van der Waals surface area contributed by atoms with Gasteiger partial charge < -0.3 is 24.4 Å². The second kappa shape index (κ2) is 6.44. The van der Waals surface area contributed by atoms with Gasteiger partial charge >= 0.3 is 0 Å². The molecule has 0 fully saturated rings. The van der Waals surface area contributed by atoms with Crippen molar-refractivity contribution in [3.63, 3.8) is 0 Å². The summed E-state index contributed by atoms with van der Waals surface area (Å²) < 4.78 is 0.419. The van der Waals surface area contributed by atoms with Crippen molar-refractivity contribution in [2.75, 3.05) is 40.8 Å². The van der Waals surface area contributed by atoms with Crippen LogP contribution in [0.15, 0.2) is 4.99 Å². The molecule has 94 valence electrons. The Hall–Kier alpha value is -1.14. The van der Waals surface area contributed by atoms with Crippen molar-refractivity contribution in [2.24, 2.45) is 4.99 Å². The fourth-order valence-corrected chi connectivity index (χ4v) is 1.06. The van der Waals surface area contributed by atoms with E-state index in [1.165, 1.54) is 0 Å². The molecule has 0 aromatic heterocycles. The molecule has 0 spiro atoms.